The molecular formula is C14H20N2. The second-order valence-electron chi connectivity index (χ2n) is 4.90. The van der Waals surface area contributed by atoms with Crippen LogP contribution in [0.15, 0.2) is 30.3 Å². The molecule has 0 aromatic heterocycles. The molecule has 1 aromatic rings. The van der Waals surface area contributed by atoms with Crippen LogP contribution in [0.25, 0.3) is 0 Å². The highest BCUT2D eigenvalue weighted by Gasteiger charge is 2.40. The van der Waals surface area contributed by atoms with Crippen LogP contribution in [-0.4, -0.2) is 24.8 Å². The molecule has 1 fully saturated rings. The lowest BCUT2D eigenvalue weighted by molar-refractivity contribution is 0.489. The van der Waals surface area contributed by atoms with E-state index in [1.165, 1.54) is 18.4 Å². The van der Waals surface area contributed by atoms with Crippen LogP contribution in [0.1, 0.15) is 31.2 Å². The average molecular weight is 216 g/mol. The number of likely N-dealkylation sites (N-methyl/N-ethyl adjacent to an activating group) is 1. The first kappa shape index (κ1) is 11.2. The first-order valence-corrected chi connectivity index (χ1v) is 5.99. The molecule has 0 radical (unpaired) electrons. The van der Waals surface area contributed by atoms with Crippen molar-refractivity contribution >= 4 is 5.84 Å². The zero-order valence-corrected chi connectivity index (χ0v) is 10.2. The maximum Gasteiger partial charge on any atom is 0.106 e. The molecule has 0 aliphatic heterocycles. The van der Waals surface area contributed by atoms with Gasteiger partial charge in [-0.15, -0.1) is 0 Å². The van der Waals surface area contributed by atoms with Gasteiger partial charge >= 0.3 is 0 Å². The molecule has 86 valence electrons. The molecule has 1 aliphatic rings. The Bertz CT molecular complexity index is 362. The lowest BCUT2D eigenvalue weighted by atomic mass is 9.77. The van der Waals surface area contributed by atoms with Crippen molar-refractivity contribution in [2.75, 3.05) is 14.1 Å². The van der Waals surface area contributed by atoms with Crippen LogP contribution in [0.3, 0.4) is 0 Å². The highest BCUT2D eigenvalue weighted by atomic mass is 15.1. The Labute approximate surface area is 97.8 Å². The van der Waals surface area contributed by atoms with E-state index in [9.17, 15) is 0 Å². The van der Waals surface area contributed by atoms with Crippen molar-refractivity contribution in [1.29, 1.82) is 5.41 Å². The summed E-state index contributed by atoms with van der Waals surface area (Å²) < 4.78 is 0. The molecule has 0 spiro atoms. The standard InChI is InChI=1S/C14H20N2/c1-16(2)13(15)14(10-6-7-11-14)12-8-4-3-5-9-12/h3-5,8-9,15H,6-7,10-11H2,1-2H3. The van der Waals surface area contributed by atoms with Gasteiger partial charge in [-0.05, 0) is 18.4 Å². The van der Waals surface area contributed by atoms with E-state index < -0.39 is 0 Å². The number of nitrogens with zero attached hydrogens (tertiary/aromatic N) is 1. The van der Waals surface area contributed by atoms with E-state index in [-0.39, 0.29) is 5.41 Å². The summed E-state index contributed by atoms with van der Waals surface area (Å²) in [5.41, 5.74) is 1.29. The number of rotatable bonds is 2. The van der Waals surface area contributed by atoms with Crippen LogP contribution in [0.5, 0.6) is 0 Å². The van der Waals surface area contributed by atoms with Gasteiger partial charge in [0.05, 0.1) is 5.41 Å². The predicted octanol–water partition coefficient (Wildman–Crippen LogP) is 3.04. The van der Waals surface area contributed by atoms with Crippen LogP contribution < -0.4 is 0 Å². The normalized spacial score (nSPS) is 18.4. The molecule has 0 saturated heterocycles. The minimum absolute atomic E-state index is 0.0231. The lowest BCUT2D eigenvalue weighted by Crippen LogP contribution is -2.41. The number of hydrogen-bond donors (Lipinski definition) is 1. The highest BCUT2D eigenvalue weighted by Crippen LogP contribution is 2.42. The second-order valence-corrected chi connectivity index (χ2v) is 4.90. The quantitative estimate of drug-likeness (QED) is 0.597. The Kier molecular flexibility index (Phi) is 2.99. The van der Waals surface area contributed by atoms with E-state index in [1.807, 2.05) is 25.1 Å². The van der Waals surface area contributed by atoms with E-state index in [4.69, 9.17) is 5.41 Å². The fourth-order valence-electron chi connectivity index (χ4n) is 2.83. The maximum atomic E-state index is 8.35. The topological polar surface area (TPSA) is 27.1 Å². The summed E-state index contributed by atoms with van der Waals surface area (Å²) in [5, 5.41) is 8.35. The molecule has 2 nitrogen and oxygen atoms in total. The van der Waals surface area contributed by atoms with Crippen molar-refractivity contribution in [3.05, 3.63) is 35.9 Å². The summed E-state index contributed by atoms with van der Waals surface area (Å²) in [6.45, 7) is 0. The molecule has 1 N–H and O–H groups in total. The van der Waals surface area contributed by atoms with Gasteiger partial charge in [-0.25, -0.2) is 0 Å². The summed E-state index contributed by atoms with van der Waals surface area (Å²) in [4.78, 5) is 1.96. The Morgan fingerprint density at radius 1 is 1.12 bits per heavy atom. The fraction of sp³-hybridized carbons (Fsp3) is 0.500. The summed E-state index contributed by atoms with van der Waals surface area (Å²) in [6, 6.07) is 10.6. The van der Waals surface area contributed by atoms with Crippen LogP contribution >= 0.6 is 0 Å². The predicted molar refractivity (Wildman–Crippen MR) is 68.0 cm³/mol. The summed E-state index contributed by atoms with van der Waals surface area (Å²) in [6.07, 6.45) is 4.72. The largest absolute Gasteiger partial charge is 0.366 e. The third-order valence-corrected chi connectivity index (χ3v) is 3.68. The third-order valence-electron chi connectivity index (χ3n) is 3.68. The molecule has 2 rings (SSSR count). The van der Waals surface area contributed by atoms with Gasteiger partial charge in [0.25, 0.3) is 0 Å². The fourth-order valence-corrected chi connectivity index (χ4v) is 2.83. The van der Waals surface area contributed by atoms with Gasteiger partial charge in [0.15, 0.2) is 0 Å². The minimum atomic E-state index is -0.0231. The number of nitrogens with one attached hydrogen (secondary N) is 1. The molecule has 1 aliphatic carbocycles. The van der Waals surface area contributed by atoms with Crippen molar-refractivity contribution < 1.29 is 0 Å². The van der Waals surface area contributed by atoms with E-state index in [1.54, 1.807) is 0 Å². The molecular weight excluding hydrogens is 196 g/mol. The Morgan fingerprint density at radius 2 is 1.69 bits per heavy atom. The van der Waals surface area contributed by atoms with Crippen LogP contribution in [0.2, 0.25) is 0 Å². The van der Waals surface area contributed by atoms with Crippen molar-refractivity contribution in [1.82, 2.24) is 4.90 Å². The van der Waals surface area contributed by atoms with E-state index in [2.05, 4.69) is 24.3 Å². The van der Waals surface area contributed by atoms with Crippen LogP contribution in [0.4, 0.5) is 0 Å². The van der Waals surface area contributed by atoms with Gasteiger partial charge in [0, 0.05) is 14.1 Å². The second kappa shape index (κ2) is 4.28. The Hall–Kier alpha value is -1.31. The summed E-state index contributed by atoms with van der Waals surface area (Å²) in [5.74, 6) is 0.760. The molecule has 0 unspecified atom stereocenters. The zero-order chi connectivity index (χ0) is 11.6. The molecule has 2 heteroatoms. The number of amidine groups is 1. The van der Waals surface area contributed by atoms with Gasteiger partial charge < -0.3 is 4.90 Å². The van der Waals surface area contributed by atoms with Crippen LogP contribution in [0, 0.1) is 5.41 Å². The monoisotopic (exact) mass is 216 g/mol. The summed E-state index contributed by atoms with van der Waals surface area (Å²) in [7, 11) is 3.96. The molecule has 0 atom stereocenters. The number of hydrogen-bond acceptors (Lipinski definition) is 1. The minimum Gasteiger partial charge on any atom is -0.366 e. The van der Waals surface area contributed by atoms with E-state index in [0.717, 1.165) is 18.7 Å². The Balaban J connectivity index is 2.40. The van der Waals surface area contributed by atoms with Gasteiger partial charge in [0.1, 0.15) is 5.84 Å². The van der Waals surface area contributed by atoms with Gasteiger partial charge in [0.2, 0.25) is 0 Å². The molecule has 1 aromatic carbocycles. The first-order valence-electron chi connectivity index (χ1n) is 5.99. The molecule has 0 bridgehead atoms. The SMILES string of the molecule is CN(C)C(=N)C1(c2ccccc2)CCCC1. The maximum absolute atomic E-state index is 8.35. The first-order chi connectivity index (χ1) is 7.67. The lowest BCUT2D eigenvalue weighted by Gasteiger charge is -2.34. The third kappa shape index (κ3) is 1.73. The average Bonchev–Trinajstić information content (AvgIpc) is 2.79. The van der Waals surface area contributed by atoms with Gasteiger partial charge in [-0.1, -0.05) is 43.2 Å². The highest BCUT2D eigenvalue weighted by molar-refractivity contribution is 5.90. The molecule has 1 saturated carbocycles. The van der Waals surface area contributed by atoms with Gasteiger partial charge in [-0.2, -0.15) is 0 Å². The Morgan fingerprint density at radius 3 is 2.19 bits per heavy atom. The zero-order valence-electron chi connectivity index (χ0n) is 10.2. The smallest absolute Gasteiger partial charge is 0.106 e. The number of benzene rings is 1. The van der Waals surface area contributed by atoms with Crippen molar-refractivity contribution in [2.45, 2.75) is 31.1 Å². The van der Waals surface area contributed by atoms with Crippen molar-refractivity contribution in [3.63, 3.8) is 0 Å². The van der Waals surface area contributed by atoms with Crippen molar-refractivity contribution in [3.8, 4) is 0 Å². The van der Waals surface area contributed by atoms with Crippen molar-refractivity contribution in [2.24, 2.45) is 0 Å². The van der Waals surface area contributed by atoms with E-state index >= 15 is 0 Å². The van der Waals surface area contributed by atoms with Gasteiger partial charge in [-0.3, -0.25) is 5.41 Å². The molecule has 0 heterocycles. The van der Waals surface area contributed by atoms with Crippen LogP contribution in [-0.2, 0) is 5.41 Å². The molecule has 0 amide bonds. The van der Waals surface area contributed by atoms with E-state index in [0.29, 0.717) is 0 Å². The summed E-state index contributed by atoms with van der Waals surface area (Å²) >= 11 is 0. The molecule has 16 heavy (non-hydrogen) atoms.